The van der Waals surface area contributed by atoms with Crippen molar-refractivity contribution in [1.29, 1.82) is 0 Å². The van der Waals surface area contributed by atoms with Gasteiger partial charge in [-0.1, -0.05) is 59.7 Å². The minimum absolute atomic E-state index is 0.0759. The zero-order valence-corrected chi connectivity index (χ0v) is 23.7. The van der Waals surface area contributed by atoms with Gasteiger partial charge in [0.25, 0.3) is 0 Å². The molecular formula is C31H34N2O4S. The maximum atomic E-state index is 12.0. The standard InChI is InChI=1S/C31H34N2O4S/c1-30(2,3)23-16-22(17-24(18-23)31(4,5)6)28-19-27(20-8-10-21(11-9-20)29(34)35)32-33(28)25-12-14-26(15-13-25)38(7,36)37/h8-19H,1-7H3,(H,34,35). The quantitative estimate of drug-likeness (QED) is 0.303. The fourth-order valence-electron chi connectivity index (χ4n) is 4.18. The van der Waals surface area contributed by atoms with Gasteiger partial charge in [0.1, 0.15) is 0 Å². The van der Waals surface area contributed by atoms with Crippen LogP contribution in [0.25, 0.3) is 28.2 Å². The largest absolute Gasteiger partial charge is 0.478 e. The van der Waals surface area contributed by atoms with Crippen LogP contribution in [0.2, 0.25) is 0 Å². The molecule has 0 saturated heterocycles. The highest BCUT2D eigenvalue weighted by Gasteiger charge is 2.23. The number of carboxylic acids is 1. The smallest absolute Gasteiger partial charge is 0.335 e. The fraction of sp³-hybridized carbons (Fsp3) is 0.290. The van der Waals surface area contributed by atoms with Gasteiger partial charge in [-0.25, -0.2) is 17.9 Å². The highest BCUT2D eigenvalue weighted by Crippen LogP contribution is 2.36. The van der Waals surface area contributed by atoms with Crippen molar-refractivity contribution in [3.8, 4) is 28.2 Å². The Kier molecular flexibility index (Phi) is 6.87. The van der Waals surface area contributed by atoms with Crippen LogP contribution in [-0.4, -0.2) is 35.5 Å². The molecule has 1 heterocycles. The minimum Gasteiger partial charge on any atom is -0.478 e. The summed E-state index contributed by atoms with van der Waals surface area (Å²) in [4.78, 5) is 11.6. The molecular weight excluding hydrogens is 496 g/mol. The Balaban J connectivity index is 1.96. The summed E-state index contributed by atoms with van der Waals surface area (Å²) in [6, 6.07) is 21.9. The van der Waals surface area contributed by atoms with Crippen LogP contribution >= 0.6 is 0 Å². The van der Waals surface area contributed by atoms with Crippen molar-refractivity contribution >= 4 is 15.8 Å². The third-order valence-corrected chi connectivity index (χ3v) is 7.74. The third kappa shape index (κ3) is 5.73. The highest BCUT2D eigenvalue weighted by molar-refractivity contribution is 7.90. The van der Waals surface area contributed by atoms with Crippen molar-refractivity contribution in [2.45, 2.75) is 57.3 Å². The number of benzene rings is 3. The molecule has 0 unspecified atom stereocenters. The molecule has 0 aliphatic heterocycles. The van der Waals surface area contributed by atoms with Crippen molar-refractivity contribution in [1.82, 2.24) is 9.78 Å². The van der Waals surface area contributed by atoms with Gasteiger partial charge in [-0.15, -0.1) is 0 Å². The zero-order chi connectivity index (χ0) is 28.0. The van der Waals surface area contributed by atoms with Crippen LogP contribution in [0.15, 0.2) is 77.7 Å². The van der Waals surface area contributed by atoms with E-state index >= 15 is 0 Å². The van der Waals surface area contributed by atoms with E-state index < -0.39 is 15.8 Å². The van der Waals surface area contributed by atoms with Gasteiger partial charge in [-0.05, 0) is 76.6 Å². The SMILES string of the molecule is CC(C)(C)c1cc(-c2cc(-c3ccc(C(=O)O)cc3)nn2-c2ccc(S(C)(=O)=O)cc2)cc(C(C)(C)C)c1. The molecule has 6 nitrogen and oxygen atoms in total. The first kappa shape index (κ1) is 27.3. The molecule has 0 spiro atoms. The number of nitrogens with zero attached hydrogens (tertiary/aromatic N) is 2. The van der Waals surface area contributed by atoms with Crippen LogP contribution < -0.4 is 0 Å². The Labute approximate surface area is 224 Å². The summed E-state index contributed by atoms with van der Waals surface area (Å²) < 4.78 is 25.9. The normalized spacial score (nSPS) is 12.5. The summed E-state index contributed by atoms with van der Waals surface area (Å²) >= 11 is 0. The second-order valence-corrected chi connectivity index (χ2v) is 13.8. The molecule has 0 bridgehead atoms. The van der Waals surface area contributed by atoms with Crippen LogP contribution in [0, 0.1) is 0 Å². The number of hydrogen-bond donors (Lipinski definition) is 1. The number of sulfone groups is 1. The van der Waals surface area contributed by atoms with Crippen molar-refractivity contribution in [2.24, 2.45) is 0 Å². The Morgan fingerprint density at radius 2 is 1.29 bits per heavy atom. The monoisotopic (exact) mass is 530 g/mol. The predicted molar refractivity (Wildman–Crippen MR) is 152 cm³/mol. The van der Waals surface area contributed by atoms with Gasteiger partial charge in [-0.2, -0.15) is 5.10 Å². The second kappa shape index (κ2) is 9.55. The summed E-state index contributed by atoms with van der Waals surface area (Å²) in [7, 11) is -3.33. The molecule has 0 aliphatic carbocycles. The molecule has 198 valence electrons. The molecule has 7 heteroatoms. The van der Waals surface area contributed by atoms with E-state index in [9.17, 15) is 18.3 Å². The predicted octanol–water partition coefficient (Wildman–Crippen LogP) is 6.90. The molecule has 0 radical (unpaired) electrons. The third-order valence-electron chi connectivity index (χ3n) is 6.61. The highest BCUT2D eigenvalue weighted by atomic mass is 32.2. The number of rotatable bonds is 5. The van der Waals surface area contributed by atoms with Gasteiger partial charge in [0, 0.05) is 17.4 Å². The summed E-state index contributed by atoms with van der Waals surface area (Å²) in [5.41, 5.74) is 6.49. The number of aromatic nitrogens is 2. The Morgan fingerprint density at radius 1 is 0.763 bits per heavy atom. The van der Waals surface area contributed by atoms with Crippen LogP contribution in [0.3, 0.4) is 0 Å². The van der Waals surface area contributed by atoms with Gasteiger partial charge >= 0.3 is 5.97 Å². The lowest BCUT2D eigenvalue weighted by atomic mass is 9.79. The molecule has 0 amide bonds. The molecule has 38 heavy (non-hydrogen) atoms. The molecule has 0 saturated carbocycles. The van der Waals surface area contributed by atoms with Crippen molar-refractivity contribution in [3.63, 3.8) is 0 Å². The lowest BCUT2D eigenvalue weighted by Crippen LogP contribution is -2.16. The number of carboxylic acid groups (broad SMARTS) is 1. The minimum atomic E-state index is -3.33. The first-order valence-electron chi connectivity index (χ1n) is 12.4. The van der Waals surface area contributed by atoms with E-state index in [-0.39, 0.29) is 21.3 Å². The molecule has 0 aliphatic rings. The lowest BCUT2D eigenvalue weighted by Gasteiger charge is -2.26. The van der Waals surface area contributed by atoms with Crippen LogP contribution in [0.4, 0.5) is 0 Å². The van der Waals surface area contributed by atoms with Crippen LogP contribution in [0.5, 0.6) is 0 Å². The molecule has 0 atom stereocenters. The van der Waals surface area contributed by atoms with Gasteiger partial charge in [-0.3, -0.25) is 0 Å². The van der Waals surface area contributed by atoms with Crippen LogP contribution in [-0.2, 0) is 20.7 Å². The van der Waals surface area contributed by atoms with Crippen molar-refractivity contribution in [3.05, 3.63) is 89.5 Å². The first-order chi connectivity index (χ1) is 17.5. The second-order valence-electron chi connectivity index (χ2n) is 11.8. The summed E-state index contributed by atoms with van der Waals surface area (Å²) in [5.74, 6) is -0.984. The lowest BCUT2D eigenvalue weighted by molar-refractivity contribution is 0.0697. The average molecular weight is 531 g/mol. The van der Waals surface area contributed by atoms with Gasteiger partial charge < -0.3 is 5.11 Å². The van der Waals surface area contributed by atoms with Crippen molar-refractivity contribution < 1.29 is 18.3 Å². The molecule has 4 rings (SSSR count). The molecule has 1 N–H and O–H groups in total. The Hall–Kier alpha value is -3.71. The van der Waals surface area contributed by atoms with E-state index in [1.807, 2.05) is 10.7 Å². The van der Waals surface area contributed by atoms with E-state index in [1.165, 1.54) is 17.4 Å². The Morgan fingerprint density at radius 3 is 1.74 bits per heavy atom. The maximum Gasteiger partial charge on any atom is 0.335 e. The van der Waals surface area contributed by atoms with E-state index in [2.05, 4.69) is 59.7 Å². The number of aromatic carboxylic acids is 1. The summed E-state index contributed by atoms with van der Waals surface area (Å²) in [5, 5.41) is 14.2. The summed E-state index contributed by atoms with van der Waals surface area (Å²) in [6.07, 6.45) is 1.19. The van der Waals surface area contributed by atoms with Crippen molar-refractivity contribution in [2.75, 3.05) is 6.26 Å². The van der Waals surface area contributed by atoms with E-state index in [4.69, 9.17) is 5.10 Å². The van der Waals surface area contributed by atoms with Gasteiger partial charge in [0.2, 0.25) is 0 Å². The topological polar surface area (TPSA) is 89.3 Å². The van der Waals surface area contributed by atoms with E-state index in [0.717, 1.165) is 22.5 Å². The molecule has 0 fully saturated rings. The molecule has 3 aromatic carbocycles. The van der Waals surface area contributed by atoms with Gasteiger partial charge in [0.05, 0.1) is 27.5 Å². The Bertz CT molecular complexity index is 1570. The molecule has 1 aromatic heterocycles. The zero-order valence-electron chi connectivity index (χ0n) is 22.9. The van der Waals surface area contributed by atoms with Gasteiger partial charge in [0.15, 0.2) is 9.84 Å². The summed E-state index contributed by atoms with van der Waals surface area (Å²) in [6.45, 7) is 13.1. The van der Waals surface area contributed by atoms with Crippen LogP contribution in [0.1, 0.15) is 63.0 Å². The van der Waals surface area contributed by atoms with E-state index in [0.29, 0.717) is 5.69 Å². The first-order valence-corrected chi connectivity index (χ1v) is 14.3. The van der Waals surface area contributed by atoms with E-state index in [1.54, 1.807) is 48.5 Å². The molecule has 4 aromatic rings. The average Bonchev–Trinajstić information content (AvgIpc) is 3.28. The number of carbonyl (C=O) groups is 1. The maximum absolute atomic E-state index is 12.0. The fourth-order valence-corrected chi connectivity index (χ4v) is 4.81. The number of hydrogen-bond acceptors (Lipinski definition) is 4.